The van der Waals surface area contributed by atoms with Gasteiger partial charge in [-0.1, -0.05) is 38.5 Å². The second kappa shape index (κ2) is 5.42. The normalized spacial score (nSPS) is 27.7. The molecule has 1 aromatic carbocycles. The Bertz CT molecular complexity index is 627. The first kappa shape index (κ1) is 15.6. The number of hydrogen-bond acceptors (Lipinski definition) is 2. The van der Waals surface area contributed by atoms with Crippen molar-refractivity contribution in [3.63, 3.8) is 0 Å². The van der Waals surface area contributed by atoms with E-state index in [1.54, 1.807) is 7.11 Å². The van der Waals surface area contributed by atoms with Gasteiger partial charge in [0.25, 0.3) is 0 Å². The van der Waals surface area contributed by atoms with Crippen LogP contribution in [0.4, 0.5) is 0 Å². The molecule has 0 unspecified atom stereocenters. The zero-order valence-electron chi connectivity index (χ0n) is 14.5. The minimum atomic E-state index is -0.249. The maximum atomic E-state index is 10.2. The van der Waals surface area contributed by atoms with Crippen LogP contribution in [-0.4, -0.2) is 18.3 Å². The van der Waals surface area contributed by atoms with Gasteiger partial charge in [-0.3, -0.25) is 0 Å². The van der Waals surface area contributed by atoms with Crippen LogP contribution >= 0.6 is 0 Å². The number of fused-ring (bicyclic) bond motifs is 3. The molecule has 0 aromatic heterocycles. The topological polar surface area (TPSA) is 29.5 Å². The molecule has 0 heterocycles. The number of hydrogen-bond donors (Lipinski definition) is 1. The van der Waals surface area contributed by atoms with Crippen LogP contribution in [0.3, 0.4) is 0 Å². The zero-order chi connectivity index (χ0) is 16.1. The molecule has 1 aromatic rings. The van der Waals surface area contributed by atoms with Crippen molar-refractivity contribution >= 4 is 0 Å². The highest BCUT2D eigenvalue weighted by Crippen LogP contribution is 2.52. The standard InChI is InChI=1S/C20H28O2/c1-12(2)14-6-9-17-15(19(14)22-5)7-8-16-13(3)18(21)10-11-20(16,17)4/h6,9,12,18,21H,7-8,10-11H2,1-5H3/t18-,20-/m0/s1. The monoisotopic (exact) mass is 300 g/mol. The van der Waals surface area contributed by atoms with E-state index in [4.69, 9.17) is 4.74 Å². The highest BCUT2D eigenvalue weighted by molar-refractivity contribution is 5.56. The van der Waals surface area contributed by atoms with Gasteiger partial charge in [0.2, 0.25) is 0 Å². The van der Waals surface area contributed by atoms with Gasteiger partial charge < -0.3 is 9.84 Å². The Balaban J connectivity index is 2.21. The van der Waals surface area contributed by atoms with Gasteiger partial charge in [-0.25, -0.2) is 0 Å². The molecule has 1 N–H and O–H groups in total. The molecule has 0 saturated heterocycles. The van der Waals surface area contributed by atoms with E-state index in [0.29, 0.717) is 5.92 Å². The minimum absolute atomic E-state index is 0.0691. The summed E-state index contributed by atoms with van der Waals surface area (Å²) in [5.74, 6) is 1.57. The molecule has 0 aliphatic heterocycles. The van der Waals surface area contributed by atoms with Crippen molar-refractivity contribution in [1.29, 1.82) is 0 Å². The Morgan fingerprint density at radius 2 is 2.00 bits per heavy atom. The van der Waals surface area contributed by atoms with Gasteiger partial charge in [0, 0.05) is 5.41 Å². The highest BCUT2D eigenvalue weighted by Gasteiger charge is 2.42. The minimum Gasteiger partial charge on any atom is -0.496 e. The van der Waals surface area contributed by atoms with Gasteiger partial charge in [0.15, 0.2) is 0 Å². The maximum absolute atomic E-state index is 10.2. The molecule has 120 valence electrons. The maximum Gasteiger partial charge on any atom is 0.125 e. The van der Waals surface area contributed by atoms with Gasteiger partial charge in [-0.15, -0.1) is 0 Å². The molecule has 0 spiro atoms. The largest absolute Gasteiger partial charge is 0.496 e. The number of methoxy groups -OCH3 is 1. The summed E-state index contributed by atoms with van der Waals surface area (Å²) in [6.45, 7) is 8.91. The van der Waals surface area contributed by atoms with Crippen molar-refractivity contribution in [3.8, 4) is 5.75 Å². The fourth-order valence-corrected chi connectivity index (χ4v) is 4.56. The molecule has 0 radical (unpaired) electrons. The van der Waals surface area contributed by atoms with Crippen molar-refractivity contribution in [2.75, 3.05) is 7.11 Å². The van der Waals surface area contributed by atoms with Gasteiger partial charge in [-0.2, -0.15) is 0 Å². The van der Waals surface area contributed by atoms with Crippen LogP contribution in [0.1, 0.15) is 69.6 Å². The molecule has 0 fully saturated rings. The number of rotatable bonds is 2. The number of aliphatic hydroxyl groups is 1. The third kappa shape index (κ3) is 2.11. The van der Waals surface area contributed by atoms with Crippen LogP contribution in [0.25, 0.3) is 0 Å². The number of aliphatic hydroxyl groups excluding tert-OH is 1. The molecule has 2 heteroatoms. The van der Waals surface area contributed by atoms with Crippen LogP contribution in [0, 0.1) is 0 Å². The Morgan fingerprint density at radius 3 is 2.64 bits per heavy atom. The second-order valence-electron chi connectivity index (χ2n) is 7.42. The molecule has 0 amide bonds. The Hall–Kier alpha value is -1.28. The summed E-state index contributed by atoms with van der Waals surface area (Å²) in [7, 11) is 1.80. The Kier molecular flexibility index (Phi) is 3.84. The second-order valence-corrected chi connectivity index (χ2v) is 7.42. The van der Waals surface area contributed by atoms with Crippen LogP contribution in [-0.2, 0) is 11.8 Å². The summed E-state index contributed by atoms with van der Waals surface area (Å²) < 4.78 is 5.81. The summed E-state index contributed by atoms with van der Waals surface area (Å²) in [6.07, 6.45) is 3.71. The van der Waals surface area contributed by atoms with E-state index in [1.165, 1.54) is 27.8 Å². The first-order valence-electron chi connectivity index (χ1n) is 8.48. The molecule has 2 atom stereocenters. The summed E-state index contributed by atoms with van der Waals surface area (Å²) in [6, 6.07) is 4.56. The van der Waals surface area contributed by atoms with Crippen molar-refractivity contribution in [2.24, 2.45) is 0 Å². The first-order valence-corrected chi connectivity index (χ1v) is 8.48. The molecule has 22 heavy (non-hydrogen) atoms. The van der Waals surface area contributed by atoms with Crippen molar-refractivity contribution < 1.29 is 9.84 Å². The van der Waals surface area contributed by atoms with Gasteiger partial charge in [0.05, 0.1) is 13.2 Å². The Labute approximate surface area is 134 Å². The van der Waals surface area contributed by atoms with Gasteiger partial charge in [0.1, 0.15) is 5.75 Å². The lowest BCUT2D eigenvalue weighted by molar-refractivity contribution is 0.169. The predicted molar refractivity (Wildman–Crippen MR) is 90.7 cm³/mol. The number of ether oxygens (including phenoxy) is 1. The first-order chi connectivity index (χ1) is 10.4. The zero-order valence-corrected chi connectivity index (χ0v) is 14.5. The lowest BCUT2D eigenvalue weighted by atomic mass is 9.60. The lowest BCUT2D eigenvalue weighted by Crippen LogP contribution is -2.37. The number of allylic oxidation sites excluding steroid dienone is 1. The summed E-state index contributed by atoms with van der Waals surface area (Å²) in [4.78, 5) is 0. The van der Waals surface area contributed by atoms with E-state index in [1.807, 2.05) is 0 Å². The van der Waals surface area contributed by atoms with Crippen LogP contribution in [0.2, 0.25) is 0 Å². The van der Waals surface area contributed by atoms with E-state index >= 15 is 0 Å². The van der Waals surface area contributed by atoms with Gasteiger partial charge >= 0.3 is 0 Å². The van der Waals surface area contributed by atoms with Crippen molar-refractivity contribution in [3.05, 3.63) is 40.0 Å². The Morgan fingerprint density at radius 1 is 1.27 bits per heavy atom. The summed E-state index contributed by atoms with van der Waals surface area (Å²) in [5, 5.41) is 10.2. The summed E-state index contributed by atoms with van der Waals surface area (Å²) >= 11 is 0. The average Bonchev–Trinajstić information content (AvgIpc) is 2.50. The molecule has 0 saturated carbocycles. The van der Waals surface area contributed by atoms with Gasteiger partial charge in [-0.05, 0) is 60.8 Å². The van der Waals surface area contributed by atoms with Crippen LogP contribution in [0.5, 0.6) is 5.75 Å². The molecule has 3 rings (SSSR count). The van der Waals surface area contributed by atoms with E-state index in [2.05, 4.69) is 39.8 Å². The average molecular weight is 300 g/mol. The van der Waals surface area contributed by atoms with E-state index < -0.39 is 0 Å². The van der Waals surface area contributed by atoms with Crippen molar-refractivity contribution in [2.45, 2.75) is 70.8 Å². The van der Waals surface area contributed by atoms with Crippen LogP contribution < -0.4 is 4.74 Å². The molecular formula is C20H28O2. The SMILES string of the molecule is COc1c(C(C)C)ccc2c1CCC1=C(C)[C@@H](O)CC[C@@]12C. The predicted octanol–water partition coefficient (Wildman–Crippen LogP) is 4.49. The molecule has 2 nitrogen and oxygen atoms in total. The van der Waals surface area contributed by atoms with E-state index in [-0.39, 0.29) is 11.5 Å². The molecule has 2 aliphatic carbocycles. The van der Waals surface area contributed by atoms with Crippen LogP contribution in [0.15, 0.2) is 23.3 Å². The van der Waals surface area contributed by atoms with E-state index in [9.17, 15) is 5.11 Å². The highest BCUT2D eigenvalue weighted by atomic mass is 16.5. The number of benzene rings is 1. The summed E-state index contributed by atoms with van der Waals surface area (Å²) in [5.41, 5.74) is 6.85. The molecule has 0 bridgehead atoms. The van der Waals surface area contributed by atoms with E-state index in [0.717, 1.165) is 31.4 Å². The molecular weight excluding hydrogens is 272 g/mol. The lowest BCUT2D eigenvalue weighted by Gasteiger charge is -2.45. The molecule has 2 aliphatic rings. The fourth-order valence-electron chi connectivity index (χ4n) is 4.56. The third-order valence-electron chi connectivity index (χ3n) is 5.90. The quantitative estimate of drug-likeness (QED) is 0.815. The fraction of sp³-hybridized carbons (Fsp3) is 0.600. The van der Waals surface area contributed by atoms with Crippen molar-refractivity contribution in [1.82, 2.24) is 0 Å². The third-order valence-corrected chi connectivity index (χ3v) is 5.90. The smallest absolute Gasteiger partial charge is 0.125 e.